The van der Waals surface area contributed by atoms with E-state index in [0.717, 1.165) is 45.1 Å². The Balaban J connectivity index is 1.16. The molecule has 4 rings (SSSR count). The van der Waals surface area contributed by atoms with Gasteiger partial charge in [0.1, 0.15) is 10.8 Å². The zero-order chi connectivity index (χ0) is 23.0. The van der Waals surface area contributed by atoms with Crippen molar-refractivity contribution in [3.8, 4) is 28.0 Å². The minimum absolute atomic E-state index is 0.00821. The number of aromatic nitrogens is 2. The van der Waals surface area contributed by atoms with Crippen molar-refractivity contribution in [2.24, 2.45) is 0 Å². The molecule has 2 aromatic carbocycles. The number of carbonyl (C=O) groups is 1. The van der Waals surface area contributed by atoms with Gasteiger partial charge >= 0.3 is 0 Å². The Morgan fingerprint density at radius 3 is 2.76 bits per heavy atom. The van der Waals surface area contributed by atoms with Gasteiger partial charge in [-0.1, -0.05) is 12.1 Å². The average Bonchev–Trinajstić information content (AvgIpc) is 3.25. The molecular weight excluding hydrogens is 438 g/mol. The van der Waals surface area contributed by atoms with E-state index in [4.69, 9.17) is 4.74 Å². The summed E-state index contributed by atoms with van der Waals surface area (Å²) in [5, 5.41) is 22.6. The van der Waals surface area contributed by atoms with Crippen LogP contribution in [-0.2, 0) is 11.2 Å². The third-order valence-electron chi connectivity index (χ3n) is 5.09. The summed E-state index contributed by atoms with van der Waals surface area (Å²) in [6.45, 7) is 1.02. The Bertz CT molecular complexity index is 1230. The van der Waals surface area contributed by atoms with Crippen LogP contribution in [0, 0.1) is 0 Å². The van der Waals surface area contributed by atoms with Crippen molar-refractivity contribution < 1.29 is 19.7 Å². The molecule has 0 aliphatic carbocycles. The fourth-order valence-electron chi connectivity index (χ4n) is 3.33. The smallest absolute Gasteiger partial charge is 0.220 e. The third kappa shape index (κ3) is 6.20. The number of hydrogen-bond acceptors (Lipinski definition) is 7. The van der Waals surface area contributed by atoms with Crippen molar-refractivity contribution in [1.29, 1.82) is 0 Å². The van der Waals surface area contributed by atoms with Gasteiger partial charge in [-0.3, -0.25) is 9.78 Å². The molecule has 0 radical (unpaired) electrons. The molecule has 0 bridgehead atoms. The van der Waals surface area contributed by atoms with E-state index in [1.807, 2.05) is 36.4 Å². The second-order valence-corrected chi connectivity index (χ2v) is 8.62. The molecule has 0 unspecified atom stereocenters. The van der Waals surface area contributed by atoms with Crippen LogP contribution in [0.5, 0.6) is 17.2 Å². The molecule has 3 N–H and O–H groups in total. The fourth-order valence-corrected chi connectivity index (χ4v) is 4.30. The summed E-state index contributed by atoms with van der Waals surface area (Å²) in [4.78, 5) is 21.0. The van der Waals surface area contributed by atoms with Gasteiger partial charge < -0.3 is 20.3 Å². The Kier molecular flexibility index (Phi) is 7.36. The van der Waals surface area contributed by atoms with Crippen LogP contribution in [0.15, 0.2) is 60.8 Å². The number of carbonyl (C=O) groups excluding carboxylic acids is 1. The molecule has 0 saturated carbocycles. The van der Waals surface area contributed by atoms with Gasteiger partial charge in [0.15, 0.2) is 11.5 Å². The minimum atomic E-state index is -0.151. The van der Waals surface area contributed by atoms with Crippen molar-refractivity contribution in [1.82, 2.24) is 15.3 Å². The van der Waals surface area contributed by atoms with Crippen LogP contribution < -0.4 is 10.1 Å². The molecular formula is C25H25N3O4S. The highest BCUT2D eigenvalue weighted by molar-refractivity contribution is 7.21. The lowest BCUT2D eigenvalue weighted by molar-refractivity contribution is -0.121. The van der Waals surface area contributed by atoms with Crippen LogP contribution in [0.3, 0.4) is 0 Å². The first-order valence-corrected chi connectivity index (χ1v) is 11.6. The molecule has 2 heterocycles. The van der Waals surface area contributed by atoms with E-state index in [2.05, 4.69) is 15.3 Å². The summed E-state index contributed by atoms with van der Waals surface area (Å²) in [6.07, 6.45) is 4.30. The quantitative estimate of drug-likeness (QED) is 0.233. The monoisotopic (exact) mass is 463 g/mol. The number of fused-ring (bicyclic) bond motifs is 1. The number of thiazole rings is 1. The number of pyridine rings is 1. The normalized spacial score (nSPS) is 10.9. The van der Waals surface area contributed by atoms with Crippen LogP contribution in [0.25, 0.3) is 20.9 Å². The first kappa shape index (κ1) is 22.5. The Morgan fingerprint density at radius 1 is 1.03 bits per heavy atom. The van der Waals surface area contributed by atoms with E-state index >= 15 is 0 Å². The van der Waals surface area contributed by atoms with Crippen LogP contribution in [0.2, 0.25) is 0 Å². The first-order chi connectivity index (χ1) is 16.1. The largest absolute Gasteiger partial charge is 0.504 e. The molecule has 170 valence electrons. The third-order valence-corrected chi connectivity index (χ3v) is 6.13. The zero-order valence-electron chi connectivity index (χ0n) is 18.0. The van der Waals surface area contributed by atoms with Gasteiger partial charge in [0, 0.05) is 19.2 Å². The van der Waals surface area contributed by atoms with Crippen molar-refractivity contribution in [2.75, 3.05) is 13.2 Å². The summed E-state index contributed by atoms with van der Waals surface area (Å²) in [5.74, 6) is 0.486. The highest BCUT2D eigenvalue weighted by Gasteiger charge is 2.08. The molecule has 8 heteroatoms. The zero-order valence-corrected chi connectivity index (χ0v) is 18.8. The van der Waals surface area contributed by atoms with Gasteiger partial charge in [-0.2, -0.15) is 0 Å². The summed E-state index contributed by atoms with van der Waals surface area (Å²) in [6, 6.07) is 16.3. The van der Waals surface area contributed by atoms with E-state index in [-0.39, 0.29) is 17.4 Å². The predicted molar refractivity (Wildman–Crippen MR) is 129 cm³/mol. The minimum Gasteiger partial charge on any atom is -0.504 e. The fraction of sp³-hybridized carbons (Fsp3) is 0.240. The van der Waals surface area contributed by atoms with E-state index in [9.17, 15) is 15.0 Å². The van der Waals surface area contributed by atoms with Crippen molar-refractivity contribution in [2.45, 2.75) is 25.7 Å². The second kappa shape index (κ2) is 10.8. The maximum Gasteiger partial charge on any atom is 0.220 e. The second-order valence-electron chi connectivity index (χ2n) is 7.59. The first-order valence-electron chi connectivity index (χ1n) is 10.8. The SMILES string of the molecule is O=C(CCCCOc1ccc2nc(-c3ccccn3)sc2c1)NCCc1ccc(O)c(O)c1. The number of nitrogens with zero attached hydrogens (tertiary/aromatic N) is 2. The van der Waals surface area contributed by atoms with Crippen LogP contribution in [0.4, 0.5) is 0 Å². The van der Waals surface area contributed by atoms with Crippen molar-refractivity contribution >= 4 is 27.5 Å². The van der Waals surface area contributed by atoms with Gasteiger partial charge in [0.05, 0.1) is 22.5 Å². The topological polar surface area (TPSA) is 105 Å². The van der Waals surface area contributed by atoms with Crippen molar-refractivity contribution in [3.05, 3.63) is 66.4 Å². The highest BCUT2D eigenvalue weighted by Crippen LogP contribution is 2.31. The van der Waals surface area contributed by atoms with E-state index in [1.54, 1.807) is 23.6 Å². The van der Waals surface area contributed by atoms with Gasteiger partial charge in [-0.15, -0.1) is 11.3 Å². The molecule has 2 aromatic heterocycles. The molecule has 0 aliphatic heterocycles. The number of benzene rings is 2. The summed E-state index contributed by atoms with van der Waals surface area (Å²) in [7, 11) is 0. The molecule has 1 amide bonds. The Labute approximate surface area is 195 Å². The molecule has 0 spiro atoms. The lowest BCUT2D eigenvalue weighted by Gasteiger charge is -2.07. The van der Waals surface area contributed by atoms with Gasteiger partial charge in [0.2, 0.25) is 5.91 Å². The van der Waals surface area contributed by atoms with E-state index < -0.39 is 0 Å². The van der Waals surface area contributed by atoms with Crippen LogP contribution >= 0.6 is 11.3 Å². The molecule has 0 atom stereocenters. The molecule has 4 aromatic rings. The maximum atomic E-state index is 12.0. The molecule has 0 saturated heterocycles. The summed E-state index contributed by atoms with van der Waals surface area (Å²) in [5.41, 5.74) is 2.64. The lowest BCUT2D eigenvalue weighted by atomic mass is 10.1. The summed E-state index contributed by atoms with van der Waals surface area (Å²) >= 11 is 1.59. The number of aromatic hydroxyl groups is 2. The highest BCUT2D eigenvalue weighted by atomic mass is 32.1. The van der Waals surface area contributed by atoms with E-state index in [0.29, 0.717) is 26.0 Å². The number of amides is 1. The average molecular weight is 464 g/mol. The van der Waals surface area contributed by atoms with Crippen LogP contribution in [-0.4, -0.2) is 39.2 Å². The van der Waals surface area contributed by atoms with Gasteiger partial charge in [-0.05, 0) is 67.3 Å². The molecule has 0 aliphatic rings. The number of phenolic OH excluding ortho intramolecular Hbond substituents is 2. The van der Waals surface area contributed by atoms with Gasteiger partial charge in [-0.25, -0.2) is 4.98 Å². The number of phenols is 2. The Hall–Kier alpha value is -3.65. The number of unbranched alkanes of at least 4 members (excludes halogenated alkanes) is 1. The lowest BCUT2D eigenvalue weighted by Crippen LogP contribution is -2.25. The molecule has 33 heavy (non-hydrogen) atoms. The molecule has 0 fully saturated rings. The molecule has 7 nitrogen and oxygen atoms in total. The maximum absolute atomic E-state index is 12.0. The number of nitrogens with one attached hydrogen (secondary N) is 1. The van der Waals surface area contributed by atoms with Crippen LogP contribution in [0.1, 0.15) is 24.8 Å². The van der Waals surface area contributed by atoms with Gasteiger partial charge in [0.25, 0.3) is 0 Å². The predicted octanol–water partition coefficient (Wildman–Crippen LogP) is 4.68. The standard InChI is InChI=1S/C25H25N3O4S/c29-21-10-7-17(15-22(21)30)11-13-27-24(31)6-2-4-14-32-18-8-9-19-23(16-18)33-25(28-19)20-5-1-3-12-26-20/h1,3,5,7-10,12,15-16,29-30H,2,4,6,11,13-14H2,(H,27,31). The van der Waals surface area contributed by atoms with Crippen molar-refractivity contribution in [3.63, 3.8) is 0 Å². The summed E-state index contributed by atoms with van der Waals surface area (Å²) < 4.78 is 6.91. The number of ether oxygens (including phenoxy) is 1. The Morgan fingerprint density at radius 2 is 1.94 bits per heavy atom. The number of hydrogen-bond donors (Lipinski definition) is 3. The van der Waals surface area contributed by atoms with E-state index in [1.165, 1.54) is 12.1 Å². The number of rotatable bonds is 10.